The van der Waals surface area contributed by atoms with Crippen LogP contribution >= 0.6 is 0 Å². The molecule has 0 bridgehead atoms. The van der Waals surface area contributed by atoms with Gasteiger partial charge in [-0.1, -0.05) is 19.4 Å². The fraction of sp³-hybridized carbons (Fsp3) is 0.611. The van der Waals surface area contributed by atoms with Gasteiger partial charge in [0.2, 0.25) is 0 Å². The number of rotatable bonds is 4. The van der Waals surface area contributed by atoms with Crippen molar-refractivity contribution in [1.82, 2.24) is 5.32 Å². The Morgan fingerprint density at radius 2 is 1.95 bits per heavy atom. The van der Waals surface area contributed by atoms with Crippen LogP contribution in [-0.4, -0.2) is 23.2 Å². The van der Waals surface area contributed by atoms with Gasteiger partial charge in [-0.25, -0.2) is 0 Å². The number of benzene rings is 1. The molecular formula is C18H27NO2. The van der Waals surface area contributed by atoms with Gasteiger partial charge in [-0.05, 0) is 68.7 Å². The van der Waals surface area contributed by atoms with E-state index in [1.165, 1.54) is 12.0 Å². The van der Waals surface area contributed by atoms with Crippen molar-refractivity contribution in [2.45, 2.75) is 58.5 Å². The lowest BCUT2D eigenvalue weighted by Crippen LogP contribution is -2.45. The van der Waals surface area contributed by atoms with Gasteiger partial charge in [-0.2, -0.15) is 0 Å². The number of aliphatic hydroxyl groups is 1. The van der Waals surface area contributed by atoms with Gasteiger partial charge in [0.25, 0.3) is 5.91 Å². The van der Waals surface area contributed by atoms with E-state index in [0.717, 1.165) is 37.2 Å². The van der Waals surface area contributed by atoms with E-state index in [-0.39, 0.29) is 5.91 Å². The quantitative estimate of drug-likeness (QED) is 0.893. The molecule has 0 heterocycles. The maximum absolute atomic E-state index is 12.2. The zero-order valence-electron chi connectivity index (χ0n) is 13.4. The van der Waals surface area contributed by atoms with Crippen LogP contribution in [0.15, 0.2) is 18.2 Å². The first kappa shape index (κ1) is 16.0. The molecule has 0 radical (unpaired) electrons. The summed E-state index contributed by atoms with van der Waals surface area (Å²) in [5.41, 5.74) is 2.25. The van der Waals surface area contributed by atoms with E-state index in [0.29, 0.717) is 12.1 Å². The second-order valence-corrected chi connectivity index (χ2v) is 6.56. The predicted octanol–water partition coefficient (Wildman–Crippen LogP) is 3.36. The van der Waals surface area contributed by atoms with Gasteiger partial charge in [0.15, 0.2) is 0 Å². The van der Waals surface area contributed by atoms with Gasteiger partial charge >= 0.3 is 0 Å². The van der Waals surface area contributed by atoms with Gasteiger partial charge in [-0.3, -0.25) is 4.79 Å². The number of amides is 1. The largest absolute Gasteiger partial charge is 0.388 e. The van der Waals surface area contributed by atoms with E-state index in [9.17, 15) is 9.90 Å². The number of aryl methyl sites for hydroxylation is 2. The fourth-order valence-electron chi connectivity index (χ4n) is 3.03. The van der Waals surface area contributed by atoms with Crippen LogP contribution in [0.25, 0.3) is 0 Å². The maximum Gasteiger partial charge on any atom is 0.251 e. The zero-order chi connectivity index (χ0) is 15.5. The molecule has 0 unspecified atom stereocenters. The topological polar surface area (TPSA) is 49.3 Å². The van der Waals surface area contributed by atoms with Gasteiger partial charge in [-0.15, -0.1) is 0 Å². The smallest absolute Gasteiger partial charge is 0.251 e. The first-order valence-electron chi connectivity index (χ1n) is 8.01. The fourth-order valence-corrected chi connectivity index (χ4v) is 3.03. The van der Waals surface area contributed by atoms with Crippen LogP contribution in [0.2, 0.25) is 0 Å². The van der Waals surface area contributed by atoms with Crippen LogP contribution in [0.5, 0.6) is 0 Å². The van der Waals surface area contributed by atoms with Crippen molar-refractivity contribution in [3.05, 3.63) is 34.9 Å². The zero-order valence-corrected chi connectivity index (χ0v) is 13.4. The van der Waals surface area contributed by atoms with Crippen LogP contribution in [0.1, 0.15) is 60.5 Å². The highest BCUT2D eigenvalue weighted by Gasteiger charge is 2.32. The van der Waals surface area contributed by atoms with E-state index in [4.69, 9.17) is 0 Å². The average Bonchev–Trinajstić information content (AvgIpc) is 2.48. The van der Waals surface area contributed by atoms with Crippen LogP contribution in [-0.2, 0) is 0 Å². The third kappa shape index (κ3) is 4.07. The predicted molar refractivity (Wildman–Crippen MR) is 85.4 cm³/mol. The van der Waals surface area contributed by atoms with Gasteiger partial charge < -0.3 is 10.4 Å². The highest BCUT2D eigenvalue weighted by molar-refractivity contribution is 5.94. The lowest BCUT2D eigenvalue weighted by atomic mass is 9.78. The van der Waals surface area contributed by atoms with Crippen LogP contribution < -0.4 is 5.32 Å². The van der Waals surface area contributed by atoms with Crippen molar-refractivity contribution in [1.29, 1.82) is 0 Å². The monoisotopic (exact) mass is 289 g/mol. The van der Waals surface area contributed by atoms with Crippen molar-refractivity contribution in [2.75, 3.05) is 6.54 Å². The Morgan fingerprint density at radius 3 is 2.52 bits per heavy atom. The molecule has 0 atom stereocenters. The van der Waals surface area contributed by atoms with Crippen molar-refractivity contribution in [2.24, 2.45) is 5.92 Å². The molecule has 0 aromatic heterocycles. The van der Waals surface area contributed by atoms with Crippen LogP contribution in [0, 0.1) is 19.8 Å². The number of carbonyl (C=O) groups excluding carboxylic acids is 1. The maximum atomic E-state index is 12.2. The highest BCUT2D eigenvalue weighted by atomic mass is 16.3. The SMILES string of the molecule is CCC1CCC(O)(CNC(=O)c2ccc(C)c(C)c2)CC1. The Balaban J connectivity index is 1.90. The molecule has 1 aromatic rings. The number of hydrogen-bond donors (Lipinski definition) is 2. The molecule has 1 aliphatic carbocycles. The summed E-state index contributed by atoms with van der Waals surface area (Å²) in [6.45, 7) is 6.60. The normalized spacial score (nSPS) is 25.6. The van der Waals surface area contributed by atoms with Crippen molar-refractivity contribution < 1.29 is 9.90 Å². The summed E-state index contributed by atoms with van der Waals surface area (Å²) in [4.78, 5) is 12.2. The summed E-state index contributed by atoms with van der Waals surface area (Å²) in [5, 5.41) is 13.5. The lowest BCUT2D eigenvalue weighted by molar-refractivity contribution is -0.00786. The molecule has 0 saturated heterocycles. The molecule has 3 heteroatoms. The number of nitrogens with one attached hydrogen (secondary N) is 1. The van der Waals surface area contributed by atoms with Crippen LogP contribution in [0.4, 0.5) is 0 Å². The molecule has 3 nitrogen and oxygen atoms in total. The molecule has 1 fully saturated rings. The first-order valence-corrected chi connectivity index (χ1v) is 8.01. The Labute approximate surface area is 127 Å². The van der Waals surface area contributed by atoms with E-state index < -0.39 is 5.60 Å². The van der Waals surface area contributed by atoms with E-state index in [1.807, 2.05) is 32.0 Å². The van der Waals surface area contributed by atoms with Crippen molar-refractivity contribution >= 4 is 5.91 Å². The second-order valence-electron chi connectivity index (χ2n) is 6.56. The molecule has 2 rings (SSSR count). The Kier molecular flexibility index (Phi) is 5.04. The van der Waals surface area contributed by atoms with E-state index >= 15 is 0 Å². The molecule has 21 heavy (non-hydrogen) atoms. The molecule has 2 N–H and O–H groups in total. The standard InChI is InChI=1S/C18H27NO2/c1-4-15-7-9-18(21,10-8-15)12-19-17(20)16-6-5-13(2)14(3)11-16/h5-6,11,15,21H,4,7-10,12H2,1-3H3,(H,19,20). The molecule has 0 spiro atoms. The molecule has 1 aliphatic rings. The minimum absolute atomic E-state index is 0.0934. The number of carbonyl (C=O) groups is 1. The summed E-state index contributed by atoms with van der Waals surface area (Å²) in [5.74, 6) is 0.643. The molecule has 1 amide bonds. The number of hydrogen-bond acceptors (Lipinski definition) is 2. The van der Waals surface area contributed by atoms with Gasteiger partial charge in [0.05, 0.1) is 5.60 Å². The summed E-state index contributed by atoms with van der Waals surface area (Å²) in [6, 6.07) is 5.71. The molecule has 1 aromatic carbocycles. The third-order valence-corrected chi connectivity index (χ3v) is 4.96. The molecule has 0 aliphatic heterocycles. The summed E-state index contributed by atoms with van der Waals surface area (Å²) >= 11 is 0. The van der Waals surface area contributed by atoms with Gasteiger partial charge in [0, 0.05) is 12.1 Å². The Bertz CT molecular complexity index is 502. The second kappa shape index (κ2) is 6.61. The summed E-state index contributed by atoms with van der Waals surface area (Å²) in [7, 11) is 0. The van der Waals surface area contributed by atoms with Crippen molar-refractivity contribution in [3.63, 3.8) is 0 Å². The third-order valence-electron chi connectivity index (χ3n) is 4.96. The Hall–Kier alpha value is -1.35. The average molecular weight is 289 g/mol. The van der Waals surface area contributed by atoms with E-state index in [2.05, 4.69) is 12.2 Å². The van der Waals surface area contributed by atoms with E-state index in [1.54, 1.807) is 0 Å². The first-order chi connectivity index (χ1) is 9.93. The minimum Gasteiger partial charge on any atom is -0.388 e. The summed E-state index contributed by atoms with van der Waals surface area (Å²) < 4.78 is 0. The highest BCUT2D eigenvalue weighted by Crippen LogP contribution is 2.33. The lowest BCUT2D eigenvalue weighted by Gasteiger charge is -2.35. The minimum atomic E-state index is -0.721. The molecule has 1 saturated carbocycles. The Morgan fingerprint density at radius 1 is 1.29 bits per heavy atom. The molecular weight excluding hydrogens is 262 g/mol. The summed E-state index contributed by atoms with van der Waals surface area (Å²) in [6.07, 6.45) is 4.89. The van der Waals surface area contributed by atoms with Gasteiger partial charge in [0.1, 0.15) is 0 Å². The molecule has 116 valence electrons. The van der Waals surface area contributed by atoms with Crippen LogP contribution in [0.3, 0.4) is 0 Å². The van der Waals surface area contributed by atoms with Crippen molar-refractivity contribution in [3.8, 4) is 0 Å².